The standard InChI is InChI=1S/C22H21F3N2O4S/c23-22(24,25)19(13-15-32(30,31)27-14-12-20(26)21(28)29)18-10-8-17(9-11-18)7-6-16-4-2-1-3-5-16/h1-5,8-11,14,19-20H,12-13,15,26H2,(H,28,29)/t19?,20-/m0/s1. The first kappa shape index (κ1) is 25.1. The van der Waals surface area contributed by atoms with E-state index in [2.05, 4.69) is 16.2 Å². The lowest BCUT2D eigenvalue weighted by atomic mass is 9.95. The van der Waals surface area contributed by atoms with Crippen LogP contribution in [-0.4, -0.2) is 43.7 Å². The Hall–Kier alpha value is -3.16. The summed E-state index contributed by atoms with van der Waals surface area (Å²) < 4.78 is 67.8. The highest BCUT2D eigenvalue weighted by Gasteiger charge is 2.41. The van der Waals surface area contributed by atoms with E-state index in [1.54, 1.807) is 12.1 Å². The van der Waals surface area contributed by atoms with E-state index in [-0.39, 0.29) is 12.0 Å². The van der Waals surface area contributed by atoms with Gasteiger partial charge in [0.05, 0.1) is 11.7 Å². The van der Waals surface area contributed by atoms with Gasteiger partial charge in [-0.15, -0.1) is 0 Å². The fourth-order valence-electron chi connectivity index (χ4n) is 2.67. The summed E-state index contributed by atoms with van der Waals surface area (Å²) in [6.45, 7) is 0. The average molecular weight is 466 g/mol. The minimum Gasteiger partial charge on any atom is -0.480 e. The zero-order valence-corrected chi connectivity index (χ0v) is 17.6. The van der Waals surface area contributed by atoms with E-state index in [0.29, 0.717) is 5.56 Å². The van der Waals surface area contributed by atoms with Gasteiger partial charge in [0.2, 0.25) is 0 Å². The van der Waals surface area contributed by atoms with Crippen molar-refractivity contribution >= 4 is 22.2 Å². The van der Waals surface area contributed by atoms with Crippen LogP contribution < -0.4 is 5.73 Å². The monoisotopic (exact) mass is 466 g/mol. The summed E-state index contributed by atoms with van der Waals surface area (Å²) in [5.74, 6) is 1.56. The molecular weight excluding hydrogens is 445 g/mol. The third-order valence-electron chi connectivity index (χ3n) is 4.41. The van der Waals surface area contributed by atoms with Crippen molar-refractivity contribution in [2.45, 2.75) is 31.0 Å². The summed E-state index contributed by atoms with van der Waals surface area (Å²) in [6, 6.07) is 13.2. The average Bonchev–Trinajstić information content (AvgIpc) is 2.72. The number of alkyl halides is 3. The highest BCUT2D eigenvalue weighted by Crippen LogP contribution is 2.37. The minimum atomic E-state index is -4.66. The predicted octanol–water partition coefficient (Wildman–Crippen LogP) is 3.33. The van der Waals surface area contributed by atoms with Gasteiger partial charge in [0, 0.05) is 23.8 Å². The van der Waals surface area contributed by atoms with Crippen molar-refractivity contribution in [1.82, 2.24) is 0 Å². The molecule has 0 spiro atoms. The van der Waals surface area contributed by atoms with Gasteiger partial charge < -0.3 is 10.8 Å². The molecule has 2 atom stereocenters. The quantitative estimate of drug-likeness (QED) is 0.458. The molecule has 0 saturated carbocycles. The van der Waals surface area contributed by atoms with Gasteiger partial charge in [0.15, 0.2) is 0 Å². The molecule has 32 heavy (non-hydrogen) atoms. The molecule has 0 saturated heterocycles. The topological polar surface area (TPSA) is 110 Å². The van der Waals surface area contributed by atoms with Crippen molar-refractivity contribution in [1.29, 1.82) is 0 Å². The Morgan fingerprint density at radius 1 is 1.06 bits per heavy atom. The molecule has 10 heteroatoms. The molecule has 0 aromatic heterocycles. The van der Waals surface area contributed by atoms with E-state index in [1.165, 1.54) is 24.3 Å². The largest absolute Gasteiger partial charge is 0.480 e. The van der Waals surface area contributed by atoms with Crippen LogP contribution in [-0.2, 0) is 14.8 Å². The summed E-state index contributed by atoms with van der Waals surface area (Å²) in [5.41, 5.74) is 6.42. The van der Waals surface area contributed by atoms with E-state index < -0.39 is 46.3 Å². The molecular formula is C22H21F3N2O4S. The number of carboxylic acids is 1. The van der Waals surface area contributed by atoms with Crippen molar-refractivity contribution in [2.75, 3.05) is 5.75 Å². The second-order valence-corrected chi connectivity index (χ2v) is 8.66. The molecule has 170 valence electrons. The molecule has 0 fully saturated rings. The van der Waals surface area contributed by atoms with Gasteiger partial charge >= 0.3 is 12.1 Å². The summed E-state index contributed by atoms with van der Waals surface area (Å²) in [7, 11) is -4.22. The Morgan fingerprint density at radius 2 is 1.62 bits per heavy atom. The highest BCUT2D eigenvalue weighted by molar-refractivity contribution is 7.90. The van der Waals surface area contributed by atoms with Gasteiger partial charge in [-0.2, -0.15) is 17.6 Å². The zero-order valence-electron chi connectivity index (χ0n) is 16.8. The second kappa shape index (κ2) is 10.9. The first-order valence-corrected chi connectivity index (χ1v) is 11.1. The third-order valence-corrected chi connectivity index (χ3v) is 5.63. The van der Waals surface area contributed by atoms with Crippen LogP contribution >= 0.6 is 0 Å². The molecule has 0 aliphatic rings. The number of carboxylic acid groups (broad SMARTS) is 1. The van der Waals surface area contributed by atoms with Crippen LogP contribution in [0.15, 0.2) is 59.0 Å². The Balaban J connectivity index is 2.09. The van der Waals surface area contributed by atoms with Crippen LogP contribution in [0.25, 0.3) is 0 Å². The zero-order chi connectivity index (χ0) is 23.8. The Labute approximate surface area is 184 Å². The number of nitrogens with two attached hydrogens (primary N) is 1. The van der Waals surface area contributed by atoms with Crippen LogP contribution in [0, 0.1) is 11.8 Å². The first-order valence-electron chi connectivity index (χ1n) is 9.46. The van der Waals surface area contributed by atoms with Crippen LogP contribution in [0.1, 0.15) is 35.4 Å². The molecule has 0 aliphatic carbocycles. The predicted molar refractivity (Wildman–Crippen MR) is 115 cm³/mol. The van der Waals surface area contributed by atoms with E-state index in [0.717, 1.165) is 11.8 Å². The Morgan fingerprint density at radius 3 is 2.16 bits per heavy atom. The van der Waals surface area contributed by atoms with E-state index in [9.17, 15) is 26.4 Å². The molecule has 0 radical (unpaired) electrons. The number of nitrogens with zero attached hydrogens (tertiary/aromatic N) is 1. The van der Waals surface area contributed by atoms with E-state index >= 15 is 0 Å². The summed E-state index contributed by atoms with van der Waals surface area (Å²) >= 11 is 0. The fraction of sp³-hybridized carbons (Fsp3) is 0.273. The summed E-state index contributed by atoms with van der Waals surface area (Å²) in [6.07, 6.45) is -4.97. The number of benzene rings is 2. The van der Waals surface area contributed by atoms with Gasteiger partial charge in [0.1, 0.15) is 6.04 Å². The van der Waals surface area contributed by atoms with E-state index in [4.69, 9.17) is 10.8 Å². The molecule has 0 heterocycles. The second-order valence-electron chi connectivity index (χ2n) is 6.88. The molecule has 0 aliphatic heterocycles. The molecule has 2 aromatic carbocycles. The van der Waals surface area contributed by atoms with Crippen molar-refractivity contribution in [3.8, 4) is 11.8 Å². The number of aliphatic carboxylic acids is 1. The maximum Gasteiger partial charge on any atom is 0.395 e. The molecule has 3 N–H and O–H groups in total. The maximum absolute atomic E-state index is 13.6. The molecule has 2 aromatic rings. The molecule has 0 bridgehead atoms. The van der Waals surface area contributed by atoms with Crippen molar-refractivity contribution in [3.63, 3.8) is 0 Å². The minimum absolute atomic E-state index is 0.0881. The van der Waals surface area contributed by atoms with Gasteiger partial charge in [-0.05, 0) is 36.2 Å². The number of hydrogen-bond donors (Lipinski definition) is 2. The number of rotatable bonds is 8. The fourth-order valence-corrected chi connectivity index (χ4v) is 3.63. The number of halogens is 3. The smallest absolute Gasteiger partial charge is 0.395 e. The number of sulfonamides is 1. The lowest BCUT2D eigenvalue weighted by Crippen LogP contribution is -2.30. The number of hydrogen-bond acceptors (Lipinski definition) is 4. The highest BCUT2D eigenvalue weighted by atomic mass is 32.2. The Kier molecular flexibility index (Phi) is 8.57. The van der Waals surface area contributed by atoms with E-state index in [1.807, 2.05) is 18.2 Å². The molecule has 6 nitrogen and oxygen atoms in total. The van der Waals surface area contributed by atoms with Gasteiger partial charge in [0.25, 0.3) is 10.0 Å². The number of carbonyl (C=O) groups is 1. The summed E-state index contributed by atoms with van der Waals surface area (Å²) in [4.78, 5) is 10.6. The van der Waals surface area contributed by atoms with Crippen LogP contribution in [0.3, 0.4) is 0 Å². The van der Waals surface area contributed by atoms with Crippen molar-refractivity contribution in [2.24, 2.45) is 10.1 Å². The van der Waals surface area contributed by atoms with Gasteiger partial charge in [-0.1, -0.05) is 42.2 Å². The first-order chi connectivity index (χ1) is 15.0. The summed E-state index contributed by atoms with van der Waals surface area (Å²) in [5, 5.41) is 8.64. The van der Waals surface area contributed by atoms with Crippen molar-refractivity contribution in [3.05, 3.63) is 71.3 Å². The maximum atomic E-state index is 13.6. The lowest BCUT2D eigenvalue weighted by Gasteiger charge is -2.20. The SMILES string of the molecule is N[C@@H](CC=NS(=O)(=O)CCC(c1ccc(C#Cc2ccccc2)cc1)C(F)(F)F)C(=O)O. The van der Waals surface area contributed by atoms with Crippen molar-refractivity contribution < 1.29 is 31.5 Å². The molecule has 2 rings (SSSR count). The normalized spacial score (nSPS) is 13.9. The molecule has 0 amide bonds. The molecule has 1 unspecified atom stereocenters. The van der Waals surface area contributed by atoms with Crippen LogP contribution in [0.2, 0.25) is 0 Å². The third kappa shape index (κ3) is 8.17. The van der Waals surface area contributed by atoms with Gasteiger partial charge in [-0.25, -0.2) is 8.42 Å². The van der Waals surface area contributed by atoms with Crippen LogP contribution in [0.5, 0.6) is 0 Å². The Bertz CT molecular complexity index is 1100. The lowest BCUT2D eigenvalue weighted by molar-refractivity contribution is -0.150. The van der Waals surface area contributed by atoms with Crippen LogP contribution in [0.4, 0.5) is 13.2 Å². The van der Waals surface area contributed by atoms with Gasteiger partial charge in [-0.3, -0.25) is 4.79 Å².